The summed E-state index contributed by atoms with van der Waals surface area (Å²) in [5, 5.41) is 11.0. The lowest BCUT2D eigenvalue weighted by Crippen LogP contribution is -2.03. The lowest BCUT2D eigenvalue weighted by Gasteiger charge is -2.13. The van der Waals surface area contributed by atoms with E-state index in [1.54, 1.807) is 23.9 Å². The molecule has 0 saturated heterocycles. The fourth-order valence-electron chi connectivity index (χ4n) is 2.72. The van der Waals surface area contributed by atoms with E-state index in [4.69, 9.17) is 0 Å². The highest BCUT2D eigenvalue weighted by molar-refractivity contribution is 7.99. The largest absolute Gasteiger partial charge is 0.310 e. The minimum absolute atomic E-state index is 0.0484. The van der Waals surface area contributed by atoms with E-state index in [9.17, 15) is 10.1 Å². The van der Waals surface area contributed by atoms with Gasteiger partial charge in [-0.15, -0.1) is 11.8 Å². The second kappa shape index (κ2) is 4.60. The molecule has 0 fully saturated rings. The number of hydrogen-bond acceptors (Lipinski definition) is 4. The smallest absolute Gasteiger partial charge is 0.269 e. The van der Waals surface area contributed by atoms with Crippen molar-refractivity contribution in [1.82, 2.24) is 9.55 Å². The lowest BCUT2D eigenvalue weighted by atomic mass is 10.2. The molecule has 0 N–H and O–H groups in total. The van der Waals surface area contributed by atoms with Crippen LogP contribution in [0.15, 0.2) is 48.5 Å². The van der Waals surface area contributed by atoms with E-state index < -0.39 is 0 Å². The van der Waals surface area contributed by atoms with Crippen LogP contribution in [0.5, 0.6) is 0 Å². The summed E-state index contributed by atoms with van der Waals surface area (Å²) in [6.07, 6.45) is 0. The zero-order chi connectivity index (χ0) is 14.4. The van der Waals surface area contributed by atoms with Gasteiger partial charge in [0.2, 0.25) is 0 Å². The highest BCUT2D eigenvalue weighted by atomic mass is 32.2. The van der Waals surface area contributed by atoms with Crippen molar-refractivity contribution in [2.24, 2.45) is 0 Å². The third-order valence-electron chi connectivity index (χ3n) is 3.64. The SMILES string of the molecule is O=[N+]([O-])c1cccc(C2SCc3nc4ccccc4n32)c1. The number of thioether (sulfide) groups is 1. The number of nitrogens with zero attached hydrogens (tertiary/aromatic N) is 3. The van der Waals surface area contributed by atoms with Gasteiger partial charge in [0.05, 0.1) is 21.7 Å². The molecule has 6 heteroatoms. The van der Waals surface area contributed by atoms with Gasteiger partial charge in [-0.25, -0.2) is 4.98 Å². The van der Waals surface area contributed by atoms with E-state index >= 15 is 0 Å². The van der Waals surface area contributed by atoms with Gasteiger partial charge in [-0.3, -0.25) is 10.1 Å². The fourth-order valence-corrected chi connectivity index (χ4v) is 3.96. The Labute approximate surface area is 124 Å². The normalized spacial score (nSPS) is 17.0. The molecule has 1 aliphatic rings. The summed E-state index contributed by atoms with van der Waals surface area (Å²) in [4.78, 5) is 15.2. The van der Waals surface area contributed by atoms with Crippen LogP contribution < -0.4 is 0 Å². The van der Waals surface area contributed by atoms with Gasteiger partial charge in [0.15, 0.2) is 0 Å². The molecule has 21 heavy (non-hydrogen) atoms. The van der Waals surface area contributed by atoms with Crippen molar-refractivity contribution in [3.63, 3.8) is 0 Å². The van der Waals surface area contributed by atoms with Gasteiger partial charge in [0.1, 0.15) is 11.2 Å². The number of rotatable bonds is 2. The number of nitro groups is 1. The highest BCUT2D eigenvalue weighted by Crippen LogP contribution is 2.43. The molecular formula is C15H11N3O2S. The maximum atomic E-state index is 11.0. The summed E-state index contributed by atoms with van der Waals surface area (Å²) in [6.45, 7) is 0. The van der Waals surface area contributed by atoms with E-state index in [1.165, 1.54) is 6.07 Å². The first-order valence-electron chi connectivity index (χ1n) is 6.56. The molecule has 1 unspecified atom stereocenters. The maximum absolute atomic E-state index is 11.0. The molecule has 0 aliphatic carbocycles. The van der Waals surface area contributed by atoms with Gasteiger partial charge >= 0.3 is 0 Å². The molecule has 2 heterocycles. The predicted molar refractivity (Wildman–Crippen MR) is 82.3 cm³/mol. The number of benzene rings is 2. The van der Waals surface area contributed by atoms with Crippen molar-refractivity contribution in [3.8, 4) is 0 Å². The molecule has 0 saturated carbocycles. The zero-order valence-electron chi connectivity index (χ0n) is 11.0. The molecule has 104 valence electrons. The molecule has 5 nitrogen and oxygen atoms in total. The Hall–Kier alpha value is -2.34. The molecule has 1 atom stereocenters. The number of aromatic nitrogens is 2. The van der Waals surface area contributed by atoms with Crippen LogP contribution in [0.1, 0.15) is 16.8 Å². The number of fused-ring (bicyclic) bond motifs is 3. The Morgan fingerprint density at radius 1 is 1.24 bits per heavy atom. The number of imidazole rings is 1. The van der Waals surface area contributed by atoms with Crippen LogP contribution in [-0.2, 0) is 5.75 Å². The van der Waals surface area contributed by atoms with Crippen LogP contribution >= 0.6 is 11.8 Å². The van der Waals surface area contributed by atoms with Gasteiger partial charge in [-0.1, -0.05) is 24.3 Å². The quantitative estimate of drug-likeness (QED) is 0.534. The third-order valence-corrected chi connectivity index (χ3v) is 4.86. The van der Waals surface area contributed by atoms with Gasteiger partial charge in [-0.05, 0) is 17.7 Å². The molecular weight excluding hydrogens is 286 g/mol. The van der Waals surface area contributed by atoms with Crippen molar-refractivity contribution in [3.05, 3.63) is 70.0 Å². The average Bonchev–Trinajstić information content (AvgIpc) is 3.06. The first-order chi connectivity index (χ1) is 10.2. The Morgan fingerprint density at radius 3 is 2.95 bits per heavy atom. The minimum Gasteiger partial charge on any atom is -0.310 e. The molecule has 0 amide bonds. The van der Waals surface area contributed by atoms with Crippen LogP contribution in [0.4, 0.5) is 5.69 Å². The van der Waals surface area contributed by atoms with Crippen LogP contribution in [0.25, 0.3) is 11.0 Å². The summed E-state index contributed by atoms with van der Waals surface area (Å²) < 4.78 is 2.18. The summed E-state index contributed by atoms with van der Waals surface area (Å²) in [7, 11) is 0. The van der Waals surface area contributed by atoms with Gasteiger partial charge in [0, 0.05) is 12.1 Å². The molecule has 0 bridgehead atoms. The second-order valence-electron chi connectivity index (χ2n) is 4.90. The van der Waals surface area contributed by atoms with Crippen molar-refractivity contribution in [2.45, 2.75) is 11.1 Å². The highest BCUT2D eigenvalue weighted by Gasteiger charge is 2.28. The van der Waals surface area contributed by atoms with E-state index in [-0.39, 0.29) is 16.0 Å². The van der Waals surface area contributed by atoms with Crippen molar-refractivity contribution >= 4 is 28.5 Å². The summed E-state index contributed by atoms with van der Waals surface area (Å²) in [5.74, 6) is 1.85. The number of nitro benzene ring substituents is 1. The van der Waals surface area contributed by atoms with E-state index in [2.05, 4.69) is 9.55 Å². The number of non-ortho nitro benzene ring substituents is 1. The molecule has 0 radical (unpaired) electrons. The Morgan fingerprint density at radius 2 is 2.10 bits per heavy atom. The van der Waals surface area contributed by atoms with E-state index in [0.29, 0.717) is 0 Å². The first-order valence-corrected chi connectivity index (χ1v) is 7.61. The maximum Gasteiger partial charge on any atom is 0.269 e. The Balaban J connectivity index is 1.86. The molecule has 4 rings (SSSR count). The van der Waals surface area contributed by atoms with Crippen LogP contribution in [0, 0.1) is 10.1 Å². The average molecular weight is 297 g/mol. The molecule has 1 aliphatic heterocycles. The molecule has 1 aromatic heterocycles. The summed E-state index contributed by atoms with van der Waals surface area (Å²) >= 11 is 1.74. The van der Waals surface area contributed by atoms with Crippen molar-refractivity contribution in [2.75, 3.05) is 0 Å². The predicted octanol–water partition coefficient (Wildman–Crippen LogP) is 3.74. The summed E-state index contributed by atoms with van der Waals surface area (Å²) in [6, 6.07) is 14.9. The minimum atomic E-state index is -0.351. The van der Waals surface area contributed by atoms with Gasteiger partial charge < -0.3 is 4.57 Å². The van der Waals surface area contributed by atoms with Crippen molar-refractivity contribution < 1.29 is 4.92 Å². The van der Waals surface area contributed by atoms with Gasteiger partial charge in [0.25, 0.3) is 5.69 Å². The zero-order valence-corrected chi connectivity index (χ0v) is 11.8. The van der Waals surface area contributed by atoms with Crippen LogP contribution in [-0.4, -0.2) is 14.5 Å². The molecule has 2 aromatic carbocycles. The first kappa shape index (κ1) is 12.4. The van der Waals surface area contributed by atoms with Crippen LogP contribution in [0.2, 0.25) is 0 Å². The summed E-state index contributed by atoms with van der Waals surface area (Å²) in [5.41, 5.74) is 3.12. The Kier molecular flexibility index (Phi) is 2.71. The van der Waals surface area contributed by atoms with E-state index in [1.807, 2.05) is 30.3 Å². The van der Waals surface area contributed by atoms with Gasteiger partial charge in [-0.2, -0.15) is 0 Å². The van der Waals surface area contributed by atoms with E-state index in [0.717, 1.165) is 28.2 Å². The standard InChI is InChI=1S/C15H11N3O2S/c19-18(20)11-5-3-4-10(8-11)15-17-13-7-2-1-6-12(13)16-14(17)9-21-15/h1-8,15H,9H2. The fraction of sp³-hybridized carbons (Fsp3) is 0.133. The number of hydrogen-bond donors (Lipinski definition) is 0. The third kappa shape index (κ3) is 1.91. The molecule has 0 spiro atoms. The molecule has 3 aromatic rings. The monoisotopic (exact) mass is 297 g/mol. The second-order valence-corrected chi connectivity index (χ2v) is 5.97. The van der Waals surface area contributed by atoms with Crippen LogP contribution in [0.3, 0.4) is 0 Å². The Bertz CT molecular complexity index is 859. The topological polar surface area (TPSA) is 61.0 Å². The van der Waals surface area contributed by atoms with Crippen molar-refractivity contribution in [1.29, 1.82) is 0 Å². The lowest BCUT2D eigenvalue weighted by molar-refractivity contribution is -0.384. The number of para-hydroxylation sites is 2.